The first-order valence-corrected chi connectivity index (χ1v) is 4.94. The Morgan fingerprint density at radius 1 is 1.55 bits per heavy atom. The highest BCUT2D eigenvalue weighted by atomic mass is 32.2. The first-order valence-electron chi connectivity index (χ1n) is 3.89. The van der Waals surface area contributed by atoms with Crippen molar-refractivity contribution in [3.63, 3.8) is 0 Å². The molecule has 0 saturated carbocycles. The van der Waals surface area contributed by atoms with E-state index in [0.717, 1.165) is 0 Å². The van der Waals surface area contributed by atoms with E-state index < -0.39 is 0 Å². The van der Waals surface area contributed by atoms with Crippen LogP contribution >= 0.6 is 11.8 Å². The predicted molar refractivity (Wildman–Crippen MR) is 48.9 cm³/mol. The maximum absolute atomic E-state index is 10.8. The molecule has 66 valence electrons. The van der Waals surface area contributed by atoms with Crippen molar-refractivity contribution in [1.82, 2.24) is 0 Å². The Morgan fingerprint density at radius 2 is 2.09 bits per heavy atom. The molecule has 0 aromatic carbocycles. The number of aliphatic hydroxyl groups excluding tert-OH is 1. The van der Waals surface area contributed by atoms with Crippen LogP contribution in [0.15, 0.2) is 0 Å². The Labute approximate surface area is 72.4 Å². The zero-order valence-corrected chi connectivity index (χ0v) is 8.15. The third-order valence-electron chi connectivity index (χ3n) is 1.58. The fourth-order valence-electron chi connectivity index (χ4n) is 0.466. The third kappa shape index (κ3) is 5.27. The number of ketones is 1. The summed E-state index contributed by atoms with van der Waals surface area (Å²) in [6.07, 6.45) is 0.268. The monoisotopic (exact) mass is 176 g/mol. The van der Waals surface area contributed by atoms with E-state index in [1.165, 1.54) is 11.8 Å². The van der Waals surface area contributed by atoms with Gasteiger partial charge in [-0.2, -0.15) is 0 Å². The molecule has 2 nitrogen and oxygen atoms in total. The van der Waals surface area contributed by atoms with E-state index in [-0.39, 0.29) is 17.1 Å². The maximum Gasteiger partial charge on any atom is 0.142 e. The van der Waals surface area contributed by atoms with Gasteiger partial charge in [-0.1, -0.05) is 13.8 Å². The Balaban J connectivity index is 3.45. The smallest absolute Gasteiger partial charge is 0.142 e. The molecule has 0 aliphatic rings. The Morgan fingerprint density at radius 3 is 2.45 bits per heavy atom. The van der Waals surface area contributed by atoms with Gasteiger partial charge in [-0.15, -0.1) is 11.8 Å². The summed E-state index contributed by atoms with van der Waals surface area (Å²) in [5.41, 5.74) is 0. The Kier molecular flexibility index (Phi) is 5.60. The molecule has 0 radical (unpaired) electrons. The van der Waals surface area contributed by atoms with Gasteiger partial charge in [0.05, 0.1) is 11.9 Å². The summed E-state index contributed by atoms with van der Waals surface area (Å²) < 4.78 is 0. The third-order valence-corrected chi connectivity index (χ3v) is 2.99. The predicted octanol–water partition coefficient (Wildman–Crippen LogP) is 1.47. The van der Waals surface area contributed by atoms with Crippen LogP contribution in [0.5, 0.6) is 0 Å². The van der Waals surface area contributed by atoms with Crippen molar-refractivity contribution in [3.05, 3.63) is 0 Å². The van der Waals surface area contributed by atoms with Gasteiger partial charge in [0.2, 0.25) is 0 Å². The summed E-state index contributed by atoms with van der Waals surface area (Å²) in [7, 11) is 0. The molecule has 0 bridgehead atoms. The van der Waals surface area contributed by atoms with Gasteiger partial charge >= 0.3 is 0 Å². The zero-order valence-electron chi connectivity index (χ0n) is 7.33. The number of thioether (sulfide) groups is 1. The average Bonchev–Trinajstić information content (AvgIpc) is 1.99. The largest absolute Gasteiger partial charge is 0.392 e. The van der Waals surface area contributed by atoms with Gasteiger partial charge < -0.3 is 5.11 Å². The van der Waals surface area contributed by atoms with Crippen LogP contribution < -0.4 is 0 Å². The molecule has 0 rings (SSSR count). The van der Waals surface area contributed by atoms with E-state index >= 15 is 0 Å². The lowest BCUT2D eigenvalue weighted by Crippen LogP contribution is -2.17. The van der Waals surface area contributed by atoms with Crippen LogP contribution in [0.1, 0.15) is 27.2 Å². The summed E-state index contributed by atoms with van der Waals surface area (Å²) in [6.45, 7) is 5.53. The lowest BCUT2D eigenvalue weighted by Gasteiger charge is -2.12. The van der Waals surface area contributed by atoms with E-state index in [0.29, 0.717) is 12.2 Å². The molecular weight excluding hydrogens is 160 g/mol. The lowest BCUT2D eigenvalue weighted by atomic mass is 10.3. The number of hydrogen-bond donors (Lipinski definition) is 1. The van der Waals surface area contributed by atoms with E-state index in [2.05, 4.69) is 0 Å². The molecule has 0 aromatic heterocycles. The number of Topliss-reactive ketones (excluding diaryl/α,β-unsaturated/α-hetero) is 1. The SMILES string of the molecule is CCC(=O)CSC(C)C(C)O. The zero-order chi connectivity index (χ0) is 8.85. The molecule has 0 aliphatic heterocycles. The van der Waals surface area contributed by atoms with Crippen molar-refractivity contribution in [2.24, 2.45) is 0 Å². The van der Waals surface area contributed by atoms with Gasteiger partial charge in [0, 0.05) is 11.7 Å². The standard InChI is InChI=1S/C8H16O2S/c1-4-8(10)5-11-7(3)6(2)9/h6-7,9H,4-5H2,1-3H3. The molecule has 0 heterocycles. The molecule has 2 atom stereocenters. The maximum atomic E-state index is 10.8. The molecule has 11 heavy (non-hydrogen) atoms. The van der Waals surface area contributed by atoms with E-state index in [4.69, 9.17) is 5.11 Å². The molecule has 0 saturated heterocycles. The molecule has 1 N–H and O–H groups in total. The summed E-state index contributed by atoms with van der Waals surface area (Å²) in [4.78, 5) is 10.8. The number of rotatable bonds is 5. The Hall–Kier alpha value is -0.0200. The minimum absolute atomic E-state index is 0.158. The molecule has 3 heteroatoms. The van der Waals surface area contributed by atoms with Crippen LogP contribution in [0.4, 0.5) is 0 Å². The summed E-state index contributed by atoms with van der Waals surface area (Å²) in [5.74, 6) is 0.783. The van der Waals surface area contributed by atoms with Gasteiger partial charge in [-0.05, 0) is 6.92 Å². The number of carbonyl (C=O) groups is 1. The topological polar surface area (TPSA) is 37.3 Å². The second kappa shape index (κ2) is 5.61. The lowest BCUT2D eigenvalue weighted by molar-refractivity contribution is -0.116. The quantitative estimate of drug-likeness (QED) is 0.689. The number of aliphatic hydroxyl groups is 1. The van der Waals surface area contributed by atoms with Gasteiger partial charge in [0.25, 0.3) is 0 Å². The van der Waals surface area contributed by atoms with Gasteiger partial charge in [0.1, 0.15) is 5.78 Å². The minimum Gasteiger partial charge on any atom is -0.392 e. The van der Waals surface area contributed by atoms with Crippen LogP contribution in [0.25, 0.3) is 0 Å². The van der Waals surface area contributed by atoms with E-state index in [1.54, 1.807) is 6.92 Å². The molecular formula is C8H16O2S. The normalized spacial score (nSPS) is 16.0. The van der Waals surface area contributed by atoms with Crippen molar-refractivity contribution in [1.29, 1.82) is 0 Å². The molecule has 0 aromatic rings. The fraction of sp³-hybridized carbons (Fsp3) is 0.875. The highest BCUT2D eigenvalue weighted by molar-refractivity contribution is 8.00. The van der Waals surface area contributed by atoms with Crippen molar-refractivity contribution >= 4 is 17.5 Å². The number of hydrogen-bond acceptors (Lipinski definition) is 3. The van der Waals surface area contributed by atoms with Crippen molar-refractivity contribution < 1.29 is 9.90 Å². The van der Waals surface area contributed by atoms with E-state index in [1.807, 2.05) is 13.8 Å². The first kappa shape index (κ1) is 11.0. The summed E-state index contributed by atoms with van der Waals surface area (Å²) in [6, 6.07) is 0. The van der Waals surface area contributed by atoms with E-state index in [9.17, 15) is 4.79 Å². The van der Waals surface area contributed by atoms with Gasteiger partial charge in [0.15, 0.2) is 0 Å². The van der Waals surface area contributed by atoms with Crippen LogP contribution in [-0.2, 0) is 4.79 Å². The second-order valence-corrected chi connectivity index (χ2v) is 4.01. The second-order valence-electron chi connectivity index (χ2n) is 2.65. The summed E-state index contributed by atoms with van der Waals surface area (Å²) in [5, 5.41) is 9.23. The van der Waals surface area contributed by atoms with Crippen LogP contribution in [-0.4, -0.2) is 28.0 Å². The van der Waals surface area contributed by atoms with Crippen molar-refractivity contribution in [2.45, 2.75) is 38.5 Å². The van der Waals surface area contributed by atoms with Crippen LogP contribution in [0.3, 0.4) is 0 Å². The highest BCUT2D eigenvalue weighted by Gasteiger charge is 2.10. The first-order chi connectivity index (χ1) is 5.07. The highest BCUT2D eigenvalue weighted by Crippen LogP contribution is 2.14. The van der Waals surface area contributed by atoms with Crippen molar-refractivity contribution in [3.8, 4) is 0 Å². The summed E-state index contributed by atoms with van der Waals surface area (Å²) >= 11 is 1.52. The molecule has 0 aliphatic carbocycles. The average molecular weight is 176 g/mol. The van der Waals surface area contributed by atoms with Crippen LogP contribution in [0.2, 0.25) is 0 Å². The fourth-order valence-corrected chi connectivity index (χ4v) is 1.40. The Bertz CT molecular complexity index is 123. The number of carbonyl (C=O) groups excluding carboxylic acids is 1. The van der Waals surface area contributed by atoms with Gasteiger partial charge in [-0.25, -0.2) is 0 Å². The minimum atomic E-state index is -0.329. The molecule has 2 unspecified atom stereocenters. The molecule has 0 fully saturated rings. The van der Waals surface area contributed by atoms with Crippen molar-refractivity contribution in [2.75, 3.05) is 5.75 Å². The molecule has 0 amide bonds. The van der Waals surface area contributed by atoms with Gasteiger partial charge in [-0.3, -0.25) is 4.79 Å². The molecule has 0 spiro atoms. The van der Waals surface area contributed by atoms with Crippen LogP contribution in [0, 0.1) is 0 Å².